The van der Waals surface area contributed by atoms with Gasteiger partial charge in [0.15, 0.2) is 0 Å². The van der Waals surface area contributed by atoms with Gasteiger partial charge >= 0.3 is 5.97 Å². The fourth-order valence-corrected chi connectivity index (χ4v) is 6.62. The fourth-order valence-electron chi connectivity index (χ4n) is 6.62. The first-order valence-corrected chi connectivity index (χ1v) is 19.8. The van der Waals surface area contributed by atoms with Crippen LogP contribution in [0.5, 0.6) is 5.75 Å². The number of likely N-dealkylation sites (N-methyl/N-ethyl adjacent to an activating group) is 1. The van der Waals surface area contributed by atoms with E-state index in [-0.39, 0.29) is 43.8 Å². The van der Waals surface area contributed by atoms with Crippen molar-refractivity contribution in [3.63, 3.8) is 0 Å². The third kappa shape index (κ3) is 14.7. The lowest BCUT2D eigenvalue weighted by Gasteiger charge is -2.36. The number of nitrogens with one attached hydrogen (secondary N) is 3. The van der Waals surface area contributed by atoms with Crippen LogP contribution in [0, 0.1) is 17.8 Å². The molecule has 7 unspecified atom stereocenters. The van der Waals surface area contributed by atoms with E-state index in [9.17, 15) is 39.0 Å². The molecule has 1 fully saturated rings. The van der Waals surface area contributed by atoms with E-state index in [1.165, 1.54) is 50.4 Å². The number of nitrogens with zero attached hydrogens (tertiary/aromatic N) is 2. The van der Waals surface area contributed by atoms with E-state index in [1.807, 2.05) is 12.2 Å². The Hall–Kier alpha value is -5.12. The fraction of sp³-hybridized carbons (Fsp3) is 0.535. The number of phenolic OH excluding ortho intramolecular Hbond substituents is 1. The molecule has 0 aliphatic carbocycles. The summed E-state index contributed by atoms with van der Waals surface area (Å²) in [6.45, 7) is 8.68. The van der Waals surface area contributed by atoms with Crippen LogP contribution in [-0.4, -0.2) is 107 Å². The van der Waals surface area contributed by atoms with Gasteiger partial charge in [0, 0.05) is 38.9 Å². The Morgan fingerprint density at radius 2 is 1.78 bits per heavy atom. The summed E-state index contributed by atoms with van der Waals surface area (Å²) in [5.74, 6) is -4.80. The minimum Gasteiger partial charge on any atom is -0.508 e. The van der Waals surface area contributed by atoms with Crippen LogP contribution in [0.1, 0.15) is 78.7 Å². The first-order chi connectivity index (χ1) is 27.5. The standard InChI is InChI=1S/C43H61N5O10/c1-27(2)38-41(54)44-35(26-31-17-13-18-32(50)25-31)42(55)48-24-14-19-34(46-48)43(56)58-36(28(3)16-12-21-37(51)47(6)57-7)20-11-9-8-10-15-29(4)39(52)33(40(53)45-38)23-22-30(5)49/h8-13,16-18,21,25,27,29,33-36,38-39,46,50,52H,14-15,19-20,22-24,26H2,1-7H3,(H,44,54)(H,45,53). The van der Waals surface area contributed by atoms with Crippen molar-refractivity contribution < 1.29 is 48.6 Å². The normalized spacial score (nSPS) is 26.1. The van der Waals surface area contributed by atoms with Crippen molar-refractivity contribution in [1.29, 1.82) is 0 Å². The molecular formula is C43H61N5O10. The number of hydroxylamine groups is 2. The largest absolute Gasteiger partial charge is 0.508 e. The number of Topliss-reactive ketones (excluding diaryl/α,β-unsaturated/α-hetero) is 1. The van der Waals surface area contributed by atoms with E-state index in [0.29, 0.717) is 30.4 Å². The summed E-state index contributed by atoms with van der Waals surface area (Å²) < 4.78 is 6.03. The van der Waals surface area contributed by atoms with Gasteiger partial charge in [0.2, 0.25) is 11.8 Å². The van der Waals surface area contributed by atoms with E-state index in [2.05, 4.69) is 16.1 Å². The number of hydrazine groups is 1. The van der Waals surface area contributed by atoms with Crippen LogP contribution in [0.3, 0.4) is 0 Å². The Labute approximate surface area is 341 Å². The number of amides is 4. The molecule has 318 valence electrons. The molecule has 1 saturated heterocycles. The number of cyclic esters (lactones) is 1. The Morgan fingerprint density at radius 3 is 2.43 bits per heavy atom. The molecule has 0 aromatic heterocycles. The predicted octanol–water partition coefficient (Wildman–Crippen LogP) is 3.38. The molecule has 1 aromatic rings. The van der Waals surface area contributed by atoms with Gasteiger partial charge < -0.3 is 30.4 Å². The number of ether oxygens (including phenoxy) is 1. The average molecular weight is 808 g/mol. The molecule has 2 heterocycles. The third-order valence-electron chi connectivity index (χ3n) is 10.3. The second-order valence-electron chi connectivity index (χ2n) is 15.3. The highest BCUT2D eigenvalue weighted by molar-refractivity contribution is 5.93. The minimum absolute atomic E-state index is 0.0232. The number of rotatable bonds is 10. The third-order valence-corrected chi connectivity index (χ3v) is 10.3. The summed E-state index contributed by atoms with van der Waals surface area (Å²) in [5, 5.41) is 29.6. The summed E-state index contributed by atoms with van der Waals surface area (Å²) in [5.41, 5.74) is 4.20. The summed E-state index contributed by atoms with van der Waals surface area (Å²) in [7, 11) is 2.85. The Balaban J connectivity index is 2.05. The summed E-state index contributed by atoms with van der Waals surface area (Å²) in [6, 6.07) is 3.08. The highest BCUT2D eigenvalue weighted by Gasteiger charge is 2.38. The average Bonchev–Trinajstić information content (AvgIpc) is 3.18. The molecule has 3 rings (SSSR count). The van der Waals surface area contributed by atoms with Crippen LogP contribution in [0.15, 0.2) is 72.4 Å². The van der Waals surface area contributed by atoms with E-state index < -0.39 is 77.7 Å². The summed E-state index contributed by atoms with van der Waals surface area (Å²) in [4.78, 5) is 85.1. The molecule has 0 saturated carbocycles. The molecule has 5 N–H and O–H groups in total. The van der Waals surface area contributed by atoms with Crippen molar-refractivity contribution in [3.8, 4) is 5.75 Å². The molecule has 2 aliphatic heterocycles. The van der Waals surface area contributed by atoms with Crippen LogP contribution in [0.4, 0.5) is 0 Å². The van der Waals surface area contributed by atoms with Crippen molar-refractivity contribution in [2.75, 3.05) is 20.7 Å². The lowest BCUT2D eigenvalue weighted by molar-refractivity contribution is -0.162. The number of phenols is 1. The first-order valence-electron chi connectivity index (χ1n) is 19.8. The number of ketones is 1. The number of hydrogen-bond donors (Lipinski definition) is 5. The second-order valence-corrected chi connectivity index (χ2v) is 15.3. The molecular weight excluding hydrogens is 746 g/mol. The zero-order valence-corrected chi connectivity index (χ0v) is 34.7. The number of aromatic hydroxyl groups is 1. The maximum Gasteiger partial charge on any atom is 0.325 e. The molecule has 1 aromatic carbocycles. The Kier molecular flexibility index (Phi) is 19.0. The van der Waals surface area contributed by atoms with Gasteiger partial charge in [-0.1, -0.05) is 69.4 Å². The van der Waals surface area contributed by atoms with Gasteiger partial charge in [0.05, 0.1) is 19.1 Å². The van der Waals surface area contributed by atoms with Gasteiger partial charge in [0.25, 0.3) is 11.8 Å². The van der Waals surface area contributed by atoms with Gasteiger partial charge in [-0.05, 0) is 74.6 Å². The Bertz CT molecular complexity index is 1720. The summed E-state index contributed by atoms with van der Waals surface area (Å²) >= 11 is 0. The van der Waals surface area contributed by atoms with Crippen LogP contribution >= 0.6 is 0 Å². The van der Waals surface area contributed by atoms with E-state index in [1.54, 1.807) is 58.1 Å². The van der Waals surface area contributed by atoms with Crippen molar-refractivity contribution in [3.05, 3.63) is 77.9 Å². The lowest BCUT2D eigenvalue weighted by Crippen LogP contribution is -2.62. The molecule has 4 amide bonds. The van der Waals surface area contributed by atoms with Crippen LogP contribution in [0.2, 0.25) is 0 Å². The zero-order valence-electron chi connectivity index (χ0n) is 34.7. The van der Waals surface area contributed by atoms with Gasteiger partial charge in [-0.15, -0.1) is 0 Å². The van der Waals surface area contributed by atoms with Gasteiger partial charge in [-0.3, -0.25) is 33.8 Å². The quantitative estimate of drug-likeness (QED) is 0.100. The smallest absolute Gasteiger partial charge is 0.325 e. The number of aliphatic hydroxyl groups excluding tert-OH is 1. The van der Waals surface area contributed by atoms with Crippen molar-refractivity contribution >= 4 is 35.4 Å². The molecule has 0 spiro atoms. The number of allylic oxidation sites excluding steroid dienone is 5. The monoisotopic (exact) mass is 807 g/mol. The molecule has 58 heavy (non-hydrogen) atoms. The van der Waals surface area contributed by atoms with Crippen LogP contribution < -0.4 is 16.1 Å². The lowest BCUT2D eigenvalue weighted by atomic mass is 9.85. The molecule has 15 nitrogen and oxygen atoms in total. The number of hydrogen-bond acceptors (Lipinski definition) is 11. The summed E-state index contributed by atoms with van der Waals surface area (Å²) in [6.07, 6.45) is 11.4. The van der Waals surface area contributed by atoms with E-state index in [0.717, 1.165) is 5.06 Å². The van der Waals surface area contributed by atoms with Gasteiger partial charge in [-0.2, -0.15) is 0 Å². The zero-order chi connectivity index (χ0) is 42.9. The number of carbonyl (C=O) groups is 6. The van der Waals surface area contributed by atoms with E-state index in [4.69, 9.17) is 9.57 Å². The first kappa shape index (κ1) is 47.3. The Morgan fingerprint density at radius 1 is 1.07 bits per heavy atom. The topological polar surface area (TPSA) is 204 Å². The molecule has 15 heteroatoms. The van der Waals surface area contributed by atoms with Crippen molar-refractivity contribution in [2.24, 2.45) is 17.8 Å². The maximum atomic E-state index is 14.3. The molecule has 2 aliphatic rings. The van der Waals surface area contributed by atoms with Crippen molar-refractivity contribution in [2.45, 2.75) is 110 Å². The van der Waals surface area contributed by atoms with E-state index >= 15 is 0 Å². The highest BCUT2D eigenvalue weighted by Crippen LogP contribution is 2.24. The number of aliphatic hydroxyl groups is 1. The number of carbonyl (C=O) groups excluding carboxylic acids is 6. The number of esters is 1. The maximum absolute atomic E-state index is 14.3. The van der Waals surface area contributed by atoms with Gasteiger partial charge in [-0.25, -0.2) is 10.5 Å². The highest BCUT2D eigenvalue weighted by atomic mass is 16.7. The second kappa shape index (κ2) is 23.3. The SMILES string of the molecule is CON(C)C(=O)C=CC=C(C)C1CC=CC=CCC(C)C(O)C(CCC(C)=O)C(=O)NC(C(C)C)C(=O)NC(Cc2cccc(O)c2)C(=O)N2CCCC(N2)C(=O)O1. The molecule has 0 radical (unpaired) electrons. The van der Waals surface area contributed by atoms with Crippen molar-refractivity contribution in [1.82, 2.24) is 26.1 Å². The predicted molar refractivity (Wildman–Crippen MR) is 217 cm³/mol. The van der Waals surface area contributed by atoms with Crippen LogP contribution in [0.25, 0.3) is 0 Å². The molecule has 2 bridgehead atoms. The molecule has 7 atom stereocenters. The number of fused-ring (bicyclic) bond motifs is 2. The van der Waals surface area contributed by atoms with Crippen LogP contribution in [-0.2, 0) is 44.8 Å². The van der Waals surface area contributed by atoms with Gasteiger partial charge in [0.1, 0.15) is 35.8 Å². The minimum atomic E-state index is -1.19. The number of benzene rings is 1.